The Labute approximate surface area is 93.7 Å². The number of hydrogen-bond acceptors (Lipinski definition) is 2. The van der Waals surface area contributed by atoms with Crippen molar-refractivity contribution in [3.8, 4) is 0 Å². The zero-order chi connectivity index (χ0) is 11.4. The summed E-state index contributed by atoms with van der Waals surface area (Å²) < 4.78 is 1.81. The van der Waals surface area contributed by atoms with Gasteiger partial charge in [-0.2, -0.15) is 0 Å². The molecule has 0 saturated heterocycles. The zero-order valence-corrected chi connectivity index (χ0v) is 8.95. The van der Waals surface area contributed by atoms with Crippen molar-refractivity contribution in [1.29, 1.82) is 0 Å². The van der Waals surface area contributed by atoms with Crippen LogP contribution in [-0.4, -0.2) is 4.86 Å². The molecule has 4 nitrogen and oxygen atoms in total. The molecule has 4 heteroatoms. The Morgan fingerprint density at radius 2 is 1.88 bits per heavy atom. The molecule has 0 aliphatic heterocycles. The number of aryl methyl sites for hydroxylation is 1. The standard InChI is InChI=1S/C12H12N3O/c1-14-9-5-8-12(10-14)15(16)13-11-6-3-2-4-7-11/h2-10H,1H3/q+1. The van der Waals surface area contributed by atoms with E-state index in [-0.39, 0.29) is 0 Å². The van der Waals surface area contributed by atoms with Crippen LogP contribution in [0.4, 0.5) is 11.4 Å². The van der Waals surface area contributed by atoms with E-state index in [0.29, 0.717) is 16.2 Å². The van der Waals surface area contributed by atoms with Gasteiger partial charge in [0.25, 0.3) is 0 Å². The number of hydrogen-bond donors (Lipinski definition) is 0. The maximum absolute atomic E-state index is 11.7. The second-order valence-electron chi connectivity index (χ2n) is 3.44. The van der Waals surface area contributed by atoms with Gasteiger partial charge in [-0.15, -0.1) is 0 Å². The third-order valence-electron chi connectivity index (χ3n) is 2.11. The highest BCUT2D eigenvalue weighted by Gasteiger charge is 2.07. The first-order chi connectivity index (χ1) is 7.75. The van der Waals surface area contributed by atoms with Crippen LogP contribution in [0.2, 0.25) is 0 Å². The summed E-state index contributed by atoms with van der Waals surface area (Å²) in [5.41, 5.74) is 1.15. The molecular weight excluding hydrogens is 202 g/mol. The molecule has 0 atom stereocenters. The highest BCUT2D eigenvalue weighted by molar-refractivity contribution is 5.34. The van der Waals surface area contributed by atoms with E-state index >= 15 is 0 Å². The molecule has 1 aromatic heterocycles. The minimum atomic E-state index is 0.508. The lowest BCUT2D eigenvalue weighted by atomic mass is 10.3. The Hall–Kier alpha value is -2.23. The second-order valence-corrected chi connectivity index (χ2v) is 3.44. The molecule has 0 aliphatic carbocycles. The highest BCUT2D eigenvalue weighted by Crippen LogP contribution is 2.14. The van der Waals surface area contributed by atoms with Crippen LogP contribution >= 0.6 is 0 Å². The average Bonchev–Trinajstić information content (AvgIpc) is 2.30. The van der Waals surface area contributed by atoms with Crippen LogP contribution in [0.5, 0.6) is 0 Å². The molecule has 16 heavy (non-hydrogen) atoms. The summed E-state index contributed by atoms with van der Waals surface area (Å²) in [5.74, 6) is 0. The predicted octanol–water partition coefficient (Wildman–Crippen LogP) is 2.44. The Bertz CT molecular complexity index is 509. The van der Waals surface area contributed by atoms with Crippen LogP contribution in [0.3, 0.4) is 0 Å². The number of nitrogens with zero attached hydrogens (tertiary/aromatic N) is 3. The largest absolute Gasteiger partial charge is 0.594 e. The van der Waals surface area contributed by atoms with Crippen molar-refractivity contribution in [3.63, 3.8) is 0 Å². The first kappa shape index (κ1) is 10.3. The maximum Gasteiger partial charge on any atom is 0.307 e. The number of rotatable bonds is 2. The van der Waals surface area contributed by atoms with Gasteiger partial charge in [-0.25, -0.2) is 4.57 Å². The van der Waals surface area contributed by atoms with Crippen molar-refractivity contribution in [3.05, 3.63) is 60.1 Å². The minimum Gasteiger partial charge on any atom is -0.594 e. The van der Waals surface area contributed by atoms with Gasteiger partial charge in [0.2, 0.25) is 6.20 Å². The fourth-order valence-electron chi connectivity index (χ4n) is 1.34. The summed E-state index contributed by atoms with van der Waals surface area (Å²) in [6.07, 6.45) is 3.58. The van der Waals surface area contributed by atoms with Gasteiger partial charge in [-0.05, 0) is 17.0 Å². The first-order valence-corrected chi connectivity index (χ1v) is 4.95. The van der Waals surface area contributed by atoms with Gasteiger partial charge in [0.05, 0.1) is 0 Å². The molecule has 0 spiro atoms. The van der Waals surface area contributed by atoms with Crippen molar-refractivity contribution in [2.45, 2.75) is 0 Å². The lowest BCUT2D eigenvalue weighted by molar-refractivity contribution is -0.674. The smallest absolute Gasteiger partial charge is 0.307 e. The van der Waals surface area contributed by atoms with E-state index in [1.165, 1.54) is 0 Å². The lowest BCUT2D eigenvalue weighted by Crippen LogP contribution is -2.26. The van der Waals surface area contributed by atoms with Gasteiger partial charge >= 0.3 is 5.69 Å². The quantitative estimate of drug-likeness (QED) is 0.430. The normalized spacial score (nSPS) is 11.4. The van der Waals surface area contributed by atoms with Crippen LogP contribution < -0.4 is 4.57 Å². The maximum atomic E-state index is 11.7. The van der Waals surface area contributed by atoms with E-state index in [1.54, 1.807) is 35.0 Å². The first-order valence-electron chi connectivity index (χ1n) is 4.95. The third-order valence-corrected chi connectivity index (χ3v) is 2.11. The fourth-order valence-corrected chi connectivity index (χ4v) is 1.34. The Morgan fingerprint density at radius 1 is 1.12 bits per heavy atom. The van der Waals surface area contributed by atoms with Crippen LogP contribution in [0.1, 0.15) is 0 Å². The summed E-state index contributed by atoms with van der Waals surface area (Å²) in [5, 5.41) is 15.6. The molecule has 0 amide bonds. The van der Waals surface area contributed by atoms with Crippen LogP contribution in [0.15, 0.2) is 60.0 Å². The SMILES string of the molecule is C[n+]1cccc([N+]([O-])=Nc2ccccc2)c1. The van der Waals surface area contributed by atoms with Gasteiger partial charge in [-0.1, -0.05) is 18.2 Å². The Kier molecular flexibility index (Phi) is 2.91. The van der Waals surface area contributed by atoms with Crippen molar-refractivity contribution in [1.82, 2.24) is 0 Å². The molecule has 1 aromatic carbocycles. The molecule has 0 fully saturated rings. The summed E-state index contributed by atoms with van der Waals surface area (Å²) in [7, 11) is 1.86. The topological polar surface area (TPSA) is 42.3 Å². The third kappa shape index (κ3) is 2.42. The monoisotopic (exact) mass is 214 g/mol. The summed E-state index contributed by atoms with van der Waals surface area (Å²) in [4.78, 5) is 0.620. The molecule has 0 aliphatic rings. The van der Waals surface area contributed by atoms with Gasteiger partial charge in [-0.3, -0.25) is 0 Å². The number of pyridine rings is 1. The fraction of sp³-hybridized carbons (Fsp3) is 0.0833. The Balaban J connectivity index is 2.32. The van der Waals surface area contributed by atoms with Crippen molar-refractivity contribution in [2.75, 3.05) is 0 Å². The summed E-state index contributed by atoms with van der Waals surface area (Å²) in [6, 6.07) is 12.7. The second kappa shape index (κ2) is 4.53. The van der Waals surface area contributed by atoms with Crippen molar-refractivity contribution < 1.29 is 9.43 Å². The average molecular weight is 214 g/mol. The van der Waals surface area contributed by atoms with Crippen LogP contribution in [0, 0.1) is 5.21 Å². The summed E-state index contributed by atoms with van der Waals surface area (Å²) in [6.45, 7) is 0. The lowest BCUT2D eigenvalue weighted by Gasteiger charge is -1.97. The molecule has 80 valence electrons. The van der Waals surface area contributed by atoms with E-state index in [1.807, 2.05) is 31.4 Å². The molecule has 0 radical (unpaired) electrons. The molecule has 0 unspecified atom stereocenters. The van der Waals surface area contributed by atoms with Gasteiger partial charge < -0.3 is 5.21 Å². The van der Waals surface area contributed by atoms with E-state index in [9.17, 15) is 5.21 Å². The highest BCUT2D eigenvalue weighted by atomic mass is 16.5. The molecular formula is C12H12N3O+. The summed E-state index contributed by atoms with van der Waals surface area (Å²) >= 11 is 0. The van der Waals surface area contributed by atoms with Crippen LogP contribution in [0.25, 0.3) is 0 Å². The molecule has 2 aromatic rings. The Morgan fingerprint density at radius 3 is 2.56 bits per heavy atom. The van der Waals surface area contributed by atoms with Gasteiger partial charge in [0.15, 0.2) is 6.20 Å². The van der Waals surface area contributed by atoms with E-state index in [2.05, 4.69) is 5.11 Å². The van der Waals surface area contributed by atoms with Crippen LogP contribution in [-0.2, 0) is 7.05 Å². The van der Waals surface area contributed by atoms with Gasteiger partial charge in [0, 0.05) is 17.2 Å². The van der Waals surface area contributed by atoms with E-state index < -0.39 is 0 Å². The van der Waals surface area contributed by atoms with Crippen molar-refractivity contribution in [2.24, 2.45) is 12.2 Å². The molecule has 0 N–H and O–H groups in total. The molecule has 2 rings (SSSR count). The molecule has 0 bridgehead atoms. The van der Waals surface area contributed by atoms with Gasteiger partial charge in [0.1, 0.15) is 12.7 Å². The van der Waals surface area contributed by atoms with Crippen molar-refractivity contribution >= 4 is 11.4 Å². The molecule has 0 saturated carbocycles. The number of azo groups is 1. The number of aromatic nitrogens is 1. The minimum absolute atomic E-state index is 0.508. The van der Waals surface area contributed by atoms with E-state index in [4.69, 9.17) is 0 Å². The predicted molar refractivity (Wildman–Crippen MR) is 59.4 cm³/mol. The zero-order valence-electron chi connectivity index (χ0n) is 8.95. The van der Waals surface area contributed by atoms with E-state index in [0.717, 1.165) is 0 Å². The molecule has 1 heterocycles. The number of benzene rings is 1.